The van der Waals surface area contributed by atoms with Crippen LogP contribution in [0, 0.1) is 10.1 Å². The van der Waals surface area contributed by atoms with Crippen LogP contribution in [0.2, 0.25) is 0 Å². The van der Waals surface area contributed by atoms with Crippen LogP contribution >= 0.6 is 31.9 Å². The number of nitrogens with zero attached hydrogens (tertiary/aromatic N) is 1. The second-order valence-corrected chi connectivity index (χ2v) is 5.94. The first-order valence-corrected chi connectivity index (χ1v) is 7.39. The lowest BCUT2D eigenvalue weighted by Crippen LogP contribution is -1.98. The Morgan fingerprint density at radius 3 is 2.38 bits per heavy atom. The van der Waals surface area contributed by atoms with E-state index in [9.17, 15) is 14.9 Å². The van der Waals surface area contributed by atoms with Gasteiger partial charge >= 0.3 is 5.69 Å². The van der Waals surface area contributed by atoms with Gasteiger partial charge in [0.1, 0.15) is 5.75 Å². The van der Waals surface area contributed by atoms with E-state index < -0.39 is 4.92 Å². The molecule has 108 valence electrons. The highest BCUT2D eigenvalue weighted by Crippen LogP contribution is 2.36. The minimum atomic E-state index is -0.575. The van der Waals surface area contributed by atoms with Crippen LogP contribution in [0.4, 0.5) is 5.69 Å². The lowest BCUT2D eigenvalue weighted by molar-refractivity contribution is -0.385. The molecule has 0 amide bonds. The predicted molar refractivity (Wildman–Crippen MR) is 85.0 cm³/mol. The van der Waals surface area contributed by atoms with Gasteiger partial charge in [0.2, 0.25) is 5.75 Å². The molecule has 0 heterocycles. The molecule has 0 spiro atoms. The van der Waals surface area contributed by atoms with Gasteiger partial charge in [-0.15, -0.1) is 0 Å². The maximum Gasteiger partial charge on any atom is 0.312 e. The minimum absolute atomic E-state index is 0.0769. The Balaban J connectivity index is 2.44. The molecule has 0 radical (unpaired) electrons. The van der Waals surface area contributed by atoms with Gasteiger partial charge in [-0.3, -0.25) is 14.9 Å². The monoisotopic (exact) mass is 413 g/mol. The van der Waals surface area contributed by atoms with Crippen LogP contribution in [-0.4, -0.2) is 10.7 Å². The van der Waals surface area contributed by atoms with Gasteiger partial charge in [-0.05, 0) is 53.2 Å². The van der Waals surface area contributed by atoms with E-state index in [2.05, 4.69) is 31.9 Å². The van der Waals surface area contributed by atoms with Crippen molar-refractivity contribution < 1.29 is 14.5 Å². The van der Waals surface area contributed by atoms with Gasteiger partial charge in [0.25, 0.3) is 0 Å². The van der Waals surface area contributed by atoms with Gasteiger partial charge in [-0.25, -0.2) is 0 Å². The third kappa shape index (κ3) is 3.68. The lowest BCUT2D eigenvalue weighted by atomic mass is 10.1. The number of halogens is 2. The average molecular weight is 415 g/mol. The number of ketones is 1. The summed E-state index contributed by atoms with van der Waals surface area (Å²) < 4.78 is 7.08. The van der Waals surface area contributed by atoms with Gasteiger partial charge in [0.15, 0.2) is 5.78 Å². The van der Waals surface area contributed by atoms with Gasteiger partial charge in [-0.1, -0.05) is 15.9 Å². The van der Waals surface area contributed by atoms with Gasteiger partial charge < -0.3 is 4.74 Å². The van der Waals surface area contributed by atoms with E-state index >= 15 is 0 Å². The number of hydrogen-bond donors (Lipinski definition) is 0. The van der Waals surface area contributed by atoms with Crippen LogP contribution in [0.15, 0.2) is 45.3 Å². The standard InChI is InChI=1S/C14H9Br2NO4/c1-8(18)9-2-4-14(12(6-9)17(19)20)21-13-5-3-10(15)7-11(13)16/h2-7H,1H3. The molecular formula is C14H9Br2NO4. The van der Waals surface area contributed by atoms with Crippen LogP contribution in [0.3, 0.4) is 0 Å². The van der Waals surface area contributed by atoms with E-state index in [0.29, 0.717) is 10.2 Å². The Hall–Kier alpha value is -1.73. The number of hydrogen-bond acceptors (Lipinski definition) is 4. The first-order chi connectivity index (χ1) is 9.88. The molecule has 2 aromatic carbocycles. The van der Waals surface area contributed by atoms with E-state index in [1.807, 2.05) is 0 Å². The molecule has 0 aliphatic heterocycles. The molecule has 2 rings (SSSR count). The van der Waals surface area contributed by atoms with E-state index in [1.165, 1.54) is 25.1 Å². The molecule has 0 aromatic heterocycles. The van der Waals surface area contributed by atoms with E-state index in [0.717, 1.165) is 4.47 Å². The molecule has 0 bridgehead atoms. The normalized spacial score (nSPS) is 10.2. The minimum Gasteiger partial charge on any atom is -0.449 e. The number of benzene rings is 2. The molecule has 5 nitrogen and oxygen atoms in total. The van der Waals surface area contributed by atoms with Crippen LogP contribution in [0.5, 0.6) is 11.5 Å². The first-order valence-electron chi connectivity index (χ1n) is 5.81. The van der Waals surface area contributed by atoms with Crippen molar-refractivity contribution in [3.8, 4) is 11.5 Å². The summed E-state index contributed by atoms with van der Waals surface area (Å²) in [5.41, 5.74) is 0.0152. The molecule has 21 heavy (non-hydrogen) atoms. The van der Waals surface area contributed by atoms with Crippen molar-refractivity contribution in [1.29, 1.82) is 0 Å². The predicted octanol–water partition coefficient (Wildman–Crippen LogP) is 5.11. The summed E-state index contributed by atoms with van der Waals surface area (Å²) in [4.78, 5) is 21.9. The van der Waals surface area contributed by atoms with Crippen LogP contribution < -0.4 is 4.74 Å². The quantitative estimate of drug-likeness (QED) is 0.395. The molecule has 0 N–H and O–H groups in total. The Labute approximate surface area is 137 Å². The summed E-state index contributed by atoms with van der Waals surface area (Å²) in [5.74, 6) is 0.277. The molecule has 2 aromatic rings. The summed E-state index contributed by atoms with van der Waals surface area (Å²) in [6.07, 6.45) is 0. The second kappa shape index (κ2) is 6.36. The third-order valence-corrected chi connectivity index (χ3v) is 3.79. The molecule has 0 aliphatic rings. The SMILES string of the molecule is CC(=O)c1ccc(Oc2ccc(Br)cc2Br)c([N+](=O)[O-])c1. The zero-order chi connectivity index (χ0) is 15.6. The summed E-state index contributed by atoms with van der Waals surface area (Å²) >= 11 is 6.64. The van der Waals surface area contributed by atoms with Crippen LogP contribution in [0.1, 0.15) is 17.3 Å². The molecule has 0 saturated carbocycles. The number of nitro groups is 1. The van der Waals surface area contributed by atoms with E-state index in [1.54, 1.807) is 18.2 Å². The lowest BCUT2D eigenvalue weighted by Gasteiger charge is -2.09. The summed E-state index contributed by atoms with van der Waals surface area (Å²) in [5, 5.41) is 11.1. The highest BCUT2D eigenvalue weighted by atomic mass is 79.9. The molecule has 7 heteroatoms. The highest BCUT2D eigenvalue weighted by Gasteiger charge is 2.19. The summed E-state index contributed by atoms with van der Waals surface area (Å²) in [6.45, 7) is 1.35. The van der Waals surface area contributed by atoms with Gasteiger partial charge in [0.05, 0.1) is 9.40 Å². The van der Waals surface area contributed by atoms with E-state index in [-0.39, 0.29) is 22.8 Å². The number of Topliss-reactive ketones (excluding diaryl/α,β-unsaturated/α-hetero) is 1. The zero-order valence-corrected chi connectivity index (χ0v) is 14.0. The number of rotatable bonds is 4. The Bertz CT molecular complexity index is 731. The molecule has 0 aliphatic carbocycles. The molecule has 0 fully saturated rings. The molecule has 0 unspecified atom stereocenters. The maximum absolute atomic E-state index is 11.3. The summed E-state index contributed by atoms with van der Waals surface area (Å²) in [7, 11) is 0. The third-order valence-electron chi connectivity index (χ3n) is 2.68. The fraction of sp³-hybridized carbons (Fsp3) is 0.0714. The number of carbonyl (C=O) groups is 1. The highest BCUT2D eigenvalue weighted by molar-refractivity contribution is 9.11. The van der Waals surface area contributed by atoms with Crippen molar-refractivity contribution in [3.05, 3.63) is 61.0 Å². The molecular weight excluding hydrogens is 406 g/mol. The Morgan fingerprint density at radius 2 is 1.81 bits per heavy atom. The van der Waals surface area contributed by atoms with E-state index in [4.69, 9.17) is 4.74 Å². The van der Waals surface area contributed by atoms with Gasteiger partial charge in [0, 0.05) is 16.1 Å². The zero-order valence-electron chi connectivity index (χ0n) is 10.8. The van der Waals surface area contributed by atoms with Crippen molar-refractivity contribution in [3.63, 3.8) is 0 Å². The van der Waals surface area contributed by atoms with Crippen molar-refractivity contribution >= 4 is 43.3 Å². The van der Waals surface area contributed by atoms with Crippen LogP contribution in [0.25, 0.3) is 0 Å². The van der Waals surface area contributed by atoms with Crippen molar-refractivity contribution in [2.45, 2.75) is 6.92 Å². The Kier molecular flexibility index (Phi) is 4.74. The summed E-state index contributed by atoms with van der Waals surface area (Å²) in [6, 6.07) is 9.34. The van der Waals surface area contributed by atoms with Crippen molar-refractivity contribution in [2.75, 3.05) is 0 Å². The van der Waals surface area contributed by atoms with Crippen molar-refractivity contribution in [2.24, 2.45) is 0 Å². The van der Waals surface area contributed by atoms with Crippen LogP contribution in [-0.2, 0) is 0 Å². The van der Waals surface area contributed by atoms with Crippen molar-refractivity contribution in [1.82, 2.24) is 0 Å². The smallest absolute Gasteiger partial charge is 0.312 e. The number of carbonyl (C=O) groups excluding carboxylic acids is 1. The fourth-order valence-corrected chi connectivity index (χ4v) is 2.77. The molecule has 0 atom stereocenters. The number of ether oxygens (including phenoxy) is 1. The topological polar surface area (TPSA) is 69.4 Å². The van der Waals surface area contributed by atoms with Gasteiger partial charge in [-0.2, -0.15) is 0 Å². The Morgan fingerprint density at radius 1 is 1.14 bits per heavy atom. The first kappa shape index (κ1) is 15.7. The molecule has 0 saturated heterocycles. The second-order valence-electron chi connectivity index (χ2n) is 4.17. The maximum atomic E-state index is 11.3. The fourth-order valence-electron chi connectivity index (χ4n) is 1.64. The number of nitro benzene ring substituents is 1. The largest absolute Gasteiger partial charge is 0.449 e. The average Bonchev–Trinajstić information content (AvgIpc) is 2.41.